The Morgan fingerprint density at radius 1 is 0.932 bits per heavy atom. The van der Waals surface area contributed by atoms with Crippen LogP contribution < -0.4 is 14.4 Å². The van der Waals surface area contributed by atoms with Crippen LogP contribution in [0.1, 0.15) is 56.1 Å². The number of para-hydroxylation sites is 2. The average Bonchev–Trinajstić information content (AvgIpc) is 3.02. The molecule has 1 saturated carbocycles. The highest BCUT2D eigenvalue weighted by Crippen LogP contribution is 2.30. The van der Waals surface area contributed by atoms with Gasteiger partial charge in [-0.2, -0.15) is 0 Å². The van der Waals surface area contributed by atoms with E-state index in [4.69, 9.17) is 16.3 Å². The molecule has 3 aromatic rings. The lowest BCUT2D eigenvalue weighted by Crippen LogP contribution is -2.52. The van der Waals surface area contributed by atoms with Crippen molar-refractivity contribution in [2.75, 3.05) is 24.2 Å². The van der Waals surface area contributed by atoms with Gasteiger partial charge in [0.05, 0.1) is 19.1 Å². The summed E-state index contributed by atoms with van der Waals surface area (Å²) < 4.78 is 32.2. The second kappa shape index (κ2) is 16.0. The fourth-order valence-corrected chi connectivity index (χ4v) is 6.80. The molecule has 0 heterocycles. The van der Waals surface area contributed by atoms with Gasteiger partial charge in [-0.1, -0.05) is 85.5 Å². The van der Waals surface area contributed by atoms with Crippen LogP contribution in [0, 0.1) is 0 Å². The Labute approximate surface area is 266 Å². The number of benzene rings is 3. The molecule has 0 bridgehead atoms. The maximum atomic E-state index is 14.1. The highest BCUT2D eigenvalue weighted by atomic mass is 35.5. The number of anilines is 1. The summed E-state index contributed by atoms with van der Waals surface area (Å²) in [6.45, 7) is 0.297. The molecule has 10 heteroatoms. The van der Waals surface area contributed by atoms with E-state index in [1.807, 2.05) is 42.5 Å². The number of halogens is 1. The molecule has 1 aliphatic carbocycles. The third-order valence-corrected chi connectivity index (χ3v) is 9.43. The standard InChI is InChI=1S/C34H42ClN3O5S/c1-43-32-17-10-9-16-30(32)38(44(2,41)42)23-11-18-33(39)37(25-27-19-21-28(35)22-20-27)31(24-26-12-5-3-6-13-26)34(40)36-29-14-7-4-8-15-29/h3,5-6,9-10,12-13,16-17,19-22,29,31H,4,7-8,11,14-15,18,23-25H2,1-2H3,(H,36,40)/t31-/m1/s1. The fourth-order valence-electron chi connectivity index (χ4n) is 5.70. The molecule has 8 nitrogen and oxygen atoms in total. The minimum Gasteiger partial charge on any atom is -0.495 e. The van der Waals surface area contributed by atoms with Crippen LogP contribution in [-0.2, 0) is 32.6 Å². The van der Waals surface area contributed by atoms with Gasteiger partial charge in [0, 0.05) is 37.0 Å². The quantitative estimate of drug-likeness (QED) is 0.234. The number of amides is 2. The van der Waals surface area contributed by atoms with Crippen LogP contribution in [0.25, 0.3) is 0 Å². The number of methoxy groups -OCH3 is 1. The van der Waals surface area contributed by atoms with Crippen molar-refractivity contribution in [2.45, 2.75) is 70.0 Å². The first kappa shape index (κ1) is 33.3. The Bertz CT molecular complexity index is 1480. The summed E-state index contributed by atoms with van der Waals surface area (Å²) in [5.74, 6) is 0.0268. The number of carbonyl (C=O) groups is 2. The predicted molar refractivity (Wildman–Crippen MR) is 175 cm³/mol. The zero-order chi connectivity index (χ0) is 31.5. The summed E-state index contributed by atoms with van der Waals surface area (Å²) in [7, 11) is -2.17. The Morgan fingerprint density at radius 3 is 2.25 bits per heavy atom. The smallest absolute Gasteiger partial charge is 0.243 e. The SMILES string of the molecule is COc1ccccc1N(CCCC(=O)N(Cc1ccc(Cl)cc1)[C@H](Cc1ccccc1)C(=O)NC1CCCCC1)S(C)(=O)=O. The Morgan fingerprint density at radius 2 is 1.59 bits per heavy atom. The molecule has 0 radical (unpaired) electrons. The van der Waals surface area contributed by atoms with Crippen molar-refractivity contribution < 1.29 is 22.7 Å². The minimum atomic E-state index is -3.66. The van der Waals surface area contributed by atoms with Crippen LogP contribution in [0.15, 0.2) is 78.9 Å². The van der Waals surface area contributed by atoms with E-state index in [9.17, 15) is 18.0 Å². The zero-order valence-corrected chi connectivity index (χ0v) is 27.0. The molecule has 44 heavy (non-hydrogen) atoms. The number of nitrogens with zero attached hydrogens (tertiary/aromatic N) is 2. The fraction of sp³-hybridized carbons (Fsp3) is 0.412. The molecule has 1 fully saturated rings. The van der Waals surface area contributed by atoms with Gasteiger partial charge in [-0.15, -0.1) is 0 Å². The van der Waals surface area contributed by atoms with Gasteiger partial charge in [-0.05, 0) is 54.7 Å². The third-order valence-electron chi connectivity index (χ3n) is 7.99. The van der Waals surface area contributed by atoms with Crippen LogP contribution in [-0.4, -0.2) is 57.1 Å². The molecule has 1 N–H and O–H groups in total. The Kier molecular flexibility index (Phi) is 12.1. The van der Waals surface area contributed by atoms with Crippen molar-refractivity contribution in [1.29, 1.82) is 0 Å². The van der Waals surface area contributed by atoms with E-state index >= 15 is 0 Å². The van der Waals surface area contributed by atoms with Crippen molar-refractivity contribution in [3.05, 3.63) is 95.0 Å². The van der Waals surface area contributed by atoms with E-state index in [0.29, 0.717) is 22.9 Å². The first-order chi connectivity index (χ1) is 21.2. The van der Waals surface area contributed by atoms with Crippen molar-refractivity contribution >= 4 is 39.1 Å². The Balaban J connectivity index is 1.59. The molecule has 1 aliphatic rings. The molecule has 0 unspecified atom stereocenters. The van der Waals surface area contributed by atoms with Crippen molar-refractivity contribution in [3.8, 4) is 5.75 Å². The maximum absolute atomic E-state index is 14.1. The van der Waals surface area contributed by atoms with Gasteiger partial charge in [0.15, 0.2) is 0 Å². The molecule has 0 spiro atoms. The number of nitrogens with one attached hydrogen (secondary N) is 1. The van der Waals surface area contributed by atoms with Gasteiger partial charge in [-0.3, -0.25) is 13.9 Å². The molecule has 236 valence electrons. The maximum Gasteiger partial charge on any atom is 0.243 e. The summed E-state index contributed by atoms with van der Waals surface area (Å²) in [6, 6.07) is 23.2. The van der Waals surface area contributed by atoms with Gasteiger partial charge in [0.25, 0.3) is 0 Å². The van der Waals surface area contributed by atoms with E-state index < -0.39 is 16.1 Å². The lowest BCUT2D eigenvalue weighted by molar-refractivity contribution is -0.141. The summed E-state index contributed by atoms with van der Waals surface area (Å²) >= 11 is 6.14. The lowest BCUT2D eigenvalue weighted by Gasteiger charge is -2.34. The van der Waals surface area contributed by atoms with Gasteiger partial charge in [-0.25, -0.2) is 8.42 Å². The highest BCUT2D eigenvalue weighted by molar-refractivity contribution is 7.92. The Hall–Kier alpha value is -3.56. The molecular formula is C34H42ClN3O5S. The van der Waals surface area contributed by atoms with Crippen LogP contribution in [0.2, 0.25) is 5.02 Å². The van der Waals surface area contributed by atoms with Gasteiger partial charge in [0.1, 0.15) is 11.8 Å². The number of ether oxygens (including phenoxy) is 1. The first-order valence-electron chi connectivity index (χ1n) is 15.1. The van der Waals surface area contributed by atoms with E-state index in [-0.39, 0.29) is 43.8 Å². The van der Waals surface area contributed by atoms with Crippen LogP contribution in [0.4, 0.5) is 5.69 Å². The van der Waals surface area contributed by atoms with Crippen molar-refractivity contribution in [3.63, 3.8) is 0 Å². The summed E-state index contributed by atoms with van der Waals surface area (Å²) in [4.78, 5) is 29.6. The normalized spacial score (nSPS) is 14.4. The van der Waals surface area contributed by atoms with Gasteiger partial charge >= 0.3 is 0 Å². The number of rotatable bonds is 14. The second-order valence-corrected chi connectivity index (χ2v) is 13.7. The zero-order valence-electron chi connectivity index (χ0n) is 25.5. The van der Waals surface area contributed by atoms with Gasteiger partial charge in [0.2, 0.25) is 21.8 Å². The lowest BCUT2D eigenvalue weighted by atomic mass is 9.94. The molecule has 0 saturated heterocycles. The van der Waals surface area contributed by atoms with Gasteiger partial charge < -0.3 is 15.0 Å². The largest absolute Gasteiger partial charge is 0.495 e. The average molecular weight is 640 g/mol. The predicted octanol–water partition coefficient (Wildman–Crippen LogP) is 5.98. The van der Waals surface area contributed by atoms with E-state index in [2.05, 4.69) is 5.32 Å². The molecular weight excluding hydrogens is 598 g/mol. The summed E-state index contributed by atoms with van der Waals surface area (Å²) in [6.07, 6.45) is 6.98. The number of sulfonamides is 1. The molecule has 3 aromatic carbocycles. The molecule has 4 rings (SSSR count). The van der Waals surface area contributed by atoms with E-state index in [0.717, 1.165) is 43.1 Å². The molecule has 0 aliphatic heterocycles. The topological polar surface area (TPSA) is 96.0 Å². The molecule has 1 atom stereocenters. The minimum absolute atomic E-state index is 0.0523. The number of hydrogen-bond acceptors (Lipinski definition) is 5. The van der Waals surface area contributed by atoms with Crippen LogP contribution in [0.5, 0.6) is 5.75 Å². The van der Waals surface area contributed by atoms with Crippen molar-refractivity contribution in [1.82, 2.24) is 10.2 Å². The molecule has 0 aromatic heterocycles. The first-order valence-corrected chi connectivity index (χ1v) is 17.4. The van der Waals surface area contributed by atoms with Crippen molar-refractivity contribution in [2.24, 2.45) is 0 Å². The monoisotopic (exact) mass is 639 g/mol. The summed E-state index contributed by atoms with van der Waals surface area (Å²) in [5, 5.41) is 3.83. The van der Waals surface area contributed by atoms with E-state index in [1.165, 1.54) is 17.8 Å². The van der Waals surface area contributed by atoms with Crippen LogP contribution >= 0.6 is 11.6 Å². The molecule has 2 amide bonds. The number of carbonyl (C=O) groups excluding carboxylic acids is 2. The second-order valence-electron chi connectivity index (χ2n) is 11.3. The van der Waals surface area contributed by atoms with Crippen LogP contribution in [0.3, 0.4) is 0 Å². The summed E-state index contributed by atoms with van der Waals surface area (Å²) in [5.41, 5.74) is 2.21. The number of hydrogen-bond donors (Lipinski definition) is 1. The van der Waals surface area contributed by atoms with E-state index in [1.54, 1.807) is 41.3 Å². The third kappa shape index (κ3) is 9.47. The highest BCUT2D eigenvalue weighted by Gasteiger charge is 2.32.